The van der Waals surface area contributed by atoms with Gasteiger partial charge in [0.15, 0.2) is 0 Å². The molecule has 1 atom stereocenters. The molecule has 4 heteroatoms. The third-order valence-corrected chi connectivity index (χ3v) is 4.11. The Kier molecular flexibility index (Phi) is 2.51. The second-order valence-corrected chi connectivity index (χ2v) is 4.71. The summed E-state index contributed by atoms with van der Waals surface area (Å²) in [6.45, 7) is 3.81. The molecule has 1 unspecified atom stereocenters. The van der Waals surface area contributed by atoms with Gasteiger partial charge in [-0.05, 0) is 6.92 Å². The van der Waals surface area contributed by atoms with Crippen LogP contribution in [0.25, 0.3) is 0 Å². The van der Waals surface area contributed by atoms with Gasteiger partial charge in [-0.2, -0.15) is 11.8 Å². The van der Waals surface area contributed by atoms with Crippen molar-refractivity contribution < 1.29 is 14.3 Å². The second kappa shape index (κ2) is 3.50. The van der Waals surface area contributed by atoms with E-state index in [2.05, 4.69) is 0 Å². The molecule has 2 fully saturated rings. The van der Waals surface area contributed by atoms with Crippen LogP contribution < -0.4 is 0 Å². The Morgan fingerprint density at radius 3 is 3.00 bits per heavy atom. The minimum Gasteiger partial charge on any atom is -0.466 e. The standard InChI is InChI=1S/C9H14O3S/c1-2-12-8(10)7-3-13-6-9(7)4-11-5-9/h7H,2-6H2,1H3. The summed E-state index contributed by atoms with van der Waals surface area (Å²) < 4.78 is 10.2. The van der Waals surface area contributed by atoms with E-state index >= 15 is 0 Å². The minimum absolute atomic E-state index is 0.0317. The van der Waals surface area contributed by atoms with Crippen LogP contribution in [0, 0.1) is 11.3 Å². The zero-order valence-electron chi connectivity index (χ0n) is 7.75. The maximum absolute atomic E-state index is 11.6. The summed E-state index contributed by atoms with van der Waals surface area (Å²) in [5.41, 5.74) is 0.122. The molecule has 2 rings (SSSR count). The third kappa shape index (κ3) is 1.46. The van der Waals surface area contributed by atoms with Crippen molar-refractivity contribution in [1.82, 2.24) is 0 Å². The van der Waals surface area contributed by atoms with Gasteiger partial charge in [-0.25, -0.2) is 0 Å². The van der Waals surface area contributed by atoms with Gasteiger partial charge in [0.25, 0.3) is 0 Å². The number of esters is 1. The Labute approximate surface area is 82.2 Å². The van der Waals surface area contributed by atoms with Gasteiger partial charge in [-0.1, -0.05) is 0 Å². The molecule has 2 aliphatic rings. The van der Waals surface area contributed by atoms with E-state index in [4.69, 9.17) is 9.47 Å². The molecular weight excluding hydrogens is 188 g/mol. The van der Waals surface area contributed by atoms with Crippen molar-refractivity contribution in [3.63, 3.8) is 0 Å². The number of rotatable bonds is 2. The summed E-state index contributed by atoms with van der Waals surface area (Å²) >= 11 is 1.84. The van der Waals surface area contributed by atoms with Crippen LogP contribution in [0.1, 0.15) is 6.92 Å². The van der Waals surface area contributed by atoms with Crippen LogP contribution >= 0.6 is 11.8 Å². The van der Waals surface area contributed by atoms with Crippen molar-refractivity contribution in [3.8, 4) is 0 Å². The Morgan fingerprint density at radius 1 is 1.69 bits per heavy atom. The summed E-state index contributed by atoms with van der Waals surface area (Å²) in [7, 11) is 0. The molecule has 0 amide bonds. The third-order valence-electron chi connectivity index (χ3n) is 2.76. The lowest BCUT2D eigenvalue weighted by atomic mass is 9.76. The highest BCUT2D eigenvalue weighted by Crippen LogP contribution is 2.46. The van der Waals surface area contributed by atoms with Crippen LogP contribution in [0.5, 0.6) is 0 Å². The van der Waals surface area contributed by atoms with Gasteiger partial charge in [-0.3, -0.25) is 4.79 Å². The van der Waals surface area contributed by atoms with Gasteiger partial charge in [-0.15, -0.1) is 0 Å². The predicted molar refractivity (Wildman–Crippen MR) is 50.7 cm³/mol. The summed E-state index contributed by atoms with van der Waals surface area (Å²) in [5.74, 6) is 2.00. The molecule has 0 aromatic rings. The lowest BCUT2D eigenvalue weighted by Gasteiger charge is -2.40. The van der Waals surface area contributed by atoms with Crippen molar-refractivity contribution in [2.24, 2.45) is 11.3 Å². The van der Waals surface area contributed by atoms with E-state index in [0.717, 1.165) is 24.7 Å². The Morgan fingerprint density at radius 2 is 2.46 bits per heavy atom. The number of hydrogen-bond donors (Lipinski definition) is 0. The molecule has 0 saturated carbocycles. The van der Waals surface area contributed by atoms with E-state index in [1.54, 1.807) is 0 Å². The molecule has 2 heterocycles. The monoisotopic (exact) mass is 202 g/mol. The van der Waals surface area contributed by atoms with Gasteiger partial charge in [0.1, 0.15) is 0 Å². The minimum atomic E-state index is -0.0317. The fourth-order valence-corrected chi connectivity index (χ4v) is 3.48. The van der Waals surface area contributed by atoms with Crippen LogP contribution in [0.4, 0.5) is 0 Å². The molecule has 0 aromatic carbocycles. The molecule has 2 aliphatic heterocycles. The van der Waals surface area contributed by atoms with Crippen molar-refractivity contribution in [1.29, 1.82) is 0 Å². The smallest absolute Gasteiger partial charge is 0.310 e. The summed E-state index contributed by atoms with van der Waals surface area (Å²) in [4.78, 5) is 11.6. The molecule has 74 valence electrons. The lowest BCUT2D eigenvalue weighted by molar-refractivity contribution is -0.169. The number of ether oxygens (including phenoxy) is 2. The molecule has 0 aromatic heterocycles. The fourth-order valence-electron chi connectivity index (χ4n) is 1.87. The highest BCUT2D eigenvalue weighted by Gasteiger charge is 2.53. The molecule has 13 heavy (non-hydrogen) atoms. The van der Waals surface area contributed by atoms with Gasteiger partial charge in [0.05, 0.1) is 25.7 Å². The van der Waals surface area contributed by atoms with Crippen molar-refractivity contribution in [2.45, 2.75) is 6.92 Å². The Hall–Kier alpha value is -0.220. The lowest BCUT2D eigenvalue weighted by Crippen LogP contribution is -2.50. The maximum Gasteiger partial charge on any atom is 0.310 e. The van der Waals surface area contributed by atoms with Gasteiger partial charge in [0.2, 0.25) is 0 Å². The first-order chi connectivity index (χ1) is 6.28. The van der Waals surface area contributed by atoms with Crippen molar-refractivity contribution in [2.75, 3.05) is 31.3 Å². The van der Waals surface area contributed by atoms with Crippen LogP contribution in [0.3, 0.4) is 0 Å². The SMILES string of the molecule is CCOC(=O)C1CSCC12COC2. The first-order valence-corrected chi connectivity index (χ1v) is 5.76. The zero-order valence-corrected chi connectivity index (χ0v) is 8.56. The van der Waals surface area contributed by atoms with E-state index in [0.29, 0.717) is 6.61 Å². The van der Waals surface area contributed by atoms with E-state index in [9.17, 15) is 4.79 Å². The predicted octanol–water partition coefficient (Wildman–Crippen LogP) is 0.929. The van der Waals surface area contributed by atoms with Crippen LogP contribution in [0.15, 0.2) is 0 Å². The van der Waals surface area contributed by atoms with E-state index in [-0.39, 0.29) is 17.3 Å². The molecular formula is C9H14O3S. The quantitative estimate of drug-likeness (QED) is 0.624. The summed E-state index contributed by atoms with van der Waals surface area (Å²) in [5, 5.41) is 0. The van der Waals surface area contributed by atoms with Gasteiger partial charge >= 0.3 is 5.97 Å². The van der Waals surface area contributed by atoms with Crippen LogP contribution in [-0.4, -0.2) is 37.3 Å². The van der Waals surface area contributed by atoms with Crippen molar-refractivity contribution >= 4 is 17.7 Å². The van der Waals surface area contributed by atoms with E-state index < -0.39 is 0 Å². The summed E-state index contributed by atoms with van der Waals surface area (Å²) in [6.07, 6.45) is 0. The van der Waals surface area contributed by atoms with Crippen molar-refractivity contribution in [3.05, 3.63) is 0 Å². The highest BCUT2D eigenvalue weighted by atomic mass is 32.2. The number of hydrogen-bond acceptors (Lipinski definition) is 4. The molecule has 1 spiro atoms. The van der Waals surface area contributed by atoms with Crippen LogP contribution in [-0.2, 0) is 14.3 Å². The average Bonchev–Trinajstić information content (AvgIpc) is 2.46. The Balaban J connectivity index is 2.01. The topological polar surface area (TPSA) is 35.5 Å². The molecule has 0 N–H and O–H groups in total. The average molecular weight is 202 g/mol. The Bertz CT molecular complexity index is 213. The summed E-state index contributed by atoms with van der Waals surface area (Å²) in [6, 6.07) is 0. The maximum atomic E-state index is 11.6. The zero-order chi connectivity index (χ0) is 9.31. The number of thioether (sulfide) groups is 1. The first-order valence-electron chi connectivity index (χ1n) is 4.60. The molecule has 0 radical (unpaired) electrons. The molecule has 0 bridgehead atoms. The second-order valence-electron chi connectivity index (χ2n) is 3.67. The van der Waals surface area contributed by atoms with Gasteiger partial charge < -0.3 is 9.47 Å². The largest absolute Gasteiger partial charge is 0.466 e. The normalized spacial score (nSPS) is 30.1. The van der Waals surface area contributed by atoms with E-state index in [1.807, 2.05) is 18.7 Å². The molecule has 2 saturated heterocycles. The van der Waals surface area contributed by atoms with E-state index in [1.165, 1.54) is 0 Å². The van der Waals surface area contributed by atoms with Gasteiger partial charge in [0, 0.05) is 16.9 Å². The number of carbonyl (C=O) groups is 1. The molecule has 0 aliphatic carbocycles. The highest BCUT2D eigenvalue weighted by molar-refractivity contribution is 7.99. The first kappa shape index (κ1) is 9.34. The number of carbonyl (C=O) groups excluding carboxylic acids is 1. The fraction of sp³-hybridized carbons (Fsp3) is 0.889. The molecule has 3 nitrogen and oxygen atoms in total. The van der Waals surface area contributed by atoms with Crippen LogP contribution in [0.2, 0.25) is 0 Å².